The zero-order valence-corrected chi connectivity index (χ0v) is 13.6. The van der Waals surface area contributed by atoms with E-state index in [4.69, 9.17) is 0 Å². The summed E-state index contributed by atoms with van der Waals surface area (Å²) in [6.45, 7) is 8.26. The van der Waals surface area contributed by atoms with E-state index in [1.165, 1.54) is 11.3 Å². The molecule has 3 heteroatoms. The van der Waals surface area contributed by atoms with Crippen LogP contribution in [0.1, 0.15) is 45.1 Å². The number of amides is 1. The van der Waals surface area contributed by atoms with Crippen LogP contribution < -0.4 is 5.32 Å². The number of carbonyl (C=O) groups is 1. The Morgan fingerprint density at radius 2 is 1.95 bits per heavy atom. The predicted molar refractivity (Wildman–Crippen MR) is 88.5 cm³/mol. The molecule has 0 aromatic heterocycles. The molecule has 1 N–H and O–H groups in total. The summed E-state index contributed by atoms with van der Waals surface area (Å²) in [5.74, 6) is 0.937. The molecule has 0 radical (unpaired) electrons. The summed E-state index contributed by atoms with van der Waals surface area (Å²) >= 11 is 0. The van der Waals surface area contributed by atoms with Crippen LogP contribution in [0.4, 0.5) is 5.69 Å². The number of aryl methyl sites for hydroxylation is 1. The van der Waals surface area contributed by atoms with Gasteiger partial charge in [-0.2, -0.15) is 0 Å². The van der Waals surface area contributed by atoms with Crippen molar-refractivity contribution in [3.8, 4) is 0 Å². The van der Waals surface area contributed by atoms with Crippen molar-refractivity contribution in [2.75, 3.05) is 18.4 Å². The number of benzene rings is 1. The lowest BCUT2D eigenvalue weighted by atomic mass is 10.0. The Hall–Kier alpha value is -1.51. The van der Waals surface area contributed by atoms with E-state index in [1.807, 2.05) is 4.90 Å². The number of hydrogen-bond donors (Lipinski definition) is 1. The Balaban J connectivity index is 1.78. The standard InChI is InChI=1S/C18H28N2O/c1-14(2)8-9-18(21)20-12-10-16(11-13-20)19-17-7-5-4-6-15(17)3/h4-7,14,16,19H,8-13H2,1-3H3. The molecule has 0 atom stereocenters. The number of hydrogen-bond acceptors (Lipinski definition) is 2. The first kappa shape index (κ1) is 15.9. The maximum atomic E-state index is 12.1. The first-order chi connectivity index (χ1) is 10.1. The van der Waals surface area contributed by atoms with Gasteiger partial charge in [-0.05, 0) is 43.7 Å². The lowest BCUT2D eigenvalue weighted by Crippen LogP contribution is -2.42. The summed E-state index contributed by atoms with van der Waals surface area (Å²) in [4.78, 5) is 14.2. The Bertz CT molecular complexity index is 462. The van der Waals surface area contributed by atoms with Gasteiger partial charge in [0.15, 0.2) is 0 Å². The van der Waals surface area contributed by atoms with Gasteiger partial charge in [0.05, 0.1) is 0 Å². The average molecular weight is 288 g/mol. The van der Waals surface area contributed by atoms with Crippen LogP contribution in [-0.4, -0.2) is 29.9 Å². The third-order valence-corrected chi connectivity index (χ3v) is 4.29. The number of rotatable bonds is 5. The molecule has 0 spiro atoms. The number of piperidine rings is 1. The van der Waals surface area contributed by atoms with Gasteiger partial charge < -0.3 is 10.2 Å². The van der Waals surface area contributed by atoms with Crippen LogP contribution in [0, 0.1) is 12.8 Å². The van der Waals surface area contributed by atoms with Crippen molar-refractivity contribution in [2.45, 2.75) is 52.5 Å². The van der Waals surface area contributed by atoms with E-state index in [0.29, 0.717) is 24.3 Å². The van der Waals surface area contributed by atoms with E-state index in [9.17, 15) is 4.79 Å². The molecular weight excluding hydrogens is 260 g/mol. The zero-order valence-electron chi connectivity index (χ0n) is 13.6. The summed E-state index contributed by atoms with van der Waals surface area (Å²) in [6, 6.07) is 8.89. The molecule has 1 amide bonds. The van der Waals surface area contributed by atoms with E-state index >= 15 is 0 Å². The molecule has 0 aliphatic carbocycles. The third kappa shape index (κ3) is 4.76. The smallest absolute Gasteiger partial charge is 0.222 e. The largest absolute Gasteiger partial charge is 0.382 e. The van der Waals surface area contributed by atoms with Crippen LogP contribution in [0.25, 0.3) is 0 Å². The molecule has 0 unspecified atom stereocenters. The molecule has 0 saturated carbocycles. The number of carbonyl (C=O) groups excluding carboxylic acids is 1. The van der Waals surface area contributed by atoms with Crippen molar-refractivity contribution in [3.63, 3.8) is 0 Å². The first-order valence-electron chi connectivity index (χ1n) is 8.16. The van der Waals surface area contributed by atoms with Crippen molar-refractivity contribution < 1.29 is 4.79 Å². The first-order valence-corrected chi connectivity index (χ1v) is 8.16. The van der Waals surface area contributed by atoms with Crippen LogP contribution >= 0.6 is 0 Å². The Morgan fingerprint density at radius 1 is 1.29 bits per heavy atom. The van der Waals surface area contributed by atoms with Gasteiger partial charge in [0.1, 0.15) is 0 Å². The summed E-state index contributed by atoms with van der Waals surface area (Å²) < 4.78 is 0. The topological polar surface area (TPSA) is 32.3 Å². The monoisotopic (exact) mass is 288 g/mol. The summed E-state index contributed by atoms with van der Waals surface area (Å²) in [5.41, 5.74) is 2.51. The maximum absolute atomic E-state index is 12.1. The normalized spacial score (nSPS) is 16.3. The minimum Gasteiger partial charge on any atom is -0.382 e. The molecule has 3 nitrogen and oxygen atoms in total. The van der Waals surface area contributed by atoms with Gasteiger partial charge >= 0.3 is 0 Å². The van der Waals surface area contributed by atoms with E-state index in [-0.39, 0.29) is 0 Å². The fourth-order valence-electron chi connectivity index (χ4n) is 2.80. The third-order valence-electron chi connectivity index (χ3n) is 4.29. The van der Waals surface area contributed by atoms with Crippen LogP contribution in [0.2, 0.25) is 0 Å². The molecular formula is C18H28N2O. The number of likely N-dealkylation sites (tertiary alicyclic amines) is 1. The fourth-order valence-corrected chi connectivity index (χ4v) is 2.80. The summed E-state index contributed by atoms with van der Waals surface area (Å²) in [5, 5.41) is 3.62. The Kier molecular flexibility index (Phi) is 5.66. The maximum Gasteiger partial charge on any atom is 0.222 e. The minimum atomic E-state index is 0.332. The van der Waals surface area contributed by atoms with E-state index < -0.39 is 0 Å². The average Bonchev–Trinajstić information content (AvgIpc) is 2.48. The molecule has 1 aliphatic rings. The zero-order chi connectivity index (χ0) is 15.2. The number of nitrogens with zero attached hydrogens (tertiary/aromatic N) is 1. The SMILES string of the molecule is Cc1ccccc1NC1CCN(C(=O)CCC(C)C)CC1. The summed E-state index contributed by atoms with van der Waals surface area (Å²) in [6.07, 6.45) is 3.79. The molecule has 2 rings (SSSR count). The highest BCUT2D eigenvalue weighted by Crippen LogP contribution is 2.20. The second-order valence-electron chi connectivity index (χ2n) is 6.55. The van der Waals surface area contributed by atoms with Gasteiger partial charge in [-0.3, -0.25) is 4.79 Å². The van der Waals surface area contributed by atoms with Gasteiger partial charge in [0.25, 0.3) is 0 Å². The highest BCUT2D eigenvalue weighted by Gasteiger charge is 2.22. The van der Waals surface area contributed by atoms with Gasteiger partial charge in [0, 0.05) is 31.2 Å². The van der Waals surface area contributed by atoms with E-state index in [2.05, 4.69) is 50.4 Å². The highest BCUT2D eigenvalue weighted by atomic mass is 16.2. The van der Waals surface area contributed by atoms with Gasteiger partial charge in [-0.15, -0.1) is 0 Å². The van der Waals surface area contributed by atoms with Gasteiger partial charge in [0.2, 0.25) is 5.91 Å². The van der Waals surface area contributed by atoms with Crippen LogP contribution in [0.15, 0.2) is 24.3 Å². The van der Waals surface area contributed by atoms with E-state index in [1.54, 1.807) is 0 Å². The molecule has 1 aromatic rings. The lowest BCUT2D eigenvalue weighted by Gasteiger charge is -2.33. The van der Waals surface area contributed by atoms with Crippen LogP contribution in [0.5, 0.6) is 0 Å². The fraction of sp³-hybridized carbons (Fsp3) is 0.611. The quantitative estimate of drug-likeness (QED) is 0.893. The van der Waals surface area contributed by atoms with Crippen molar-refractivity contribution in [2.24, 2.45) is 5.92 Å². The minimum absolute atomic E-state index is 0.332. The molecule has 1 saturated heterocycles. The van der Waals surface area contributed by atoms with Crippen molar-refractivity contribution in [3.05, 3.63) is 29.8 Å². The molecule has 116 valence electrons. The van der Waals surface area contributed by atoms with E-state index in [0.717, 1.165) is 32.4 Å². The van der Waals surface area contributed by atoms with Crippen LogP contribution in [-0.2, 0) is 4.79 Å². The number of nitrogens with one attached hydrogen (secondary N) is 1. The lowest BCUT2D eigenvalue weighted by molar-refractivity contribution is -0.132. The Labute approximate surface area is 128 Å². The van der Waals surface area contributed by atoms with Crippen molar-refractivity contribution in [1.29, 1.82) is 0 Å². The number of anilines is 1. The Morgan fingerprint density at radius 3 is 2.57 bits per heavy atom. The molecule has 1 aromatic carbocycles. The summed E-state index contributed by atoms with van der Waals surface area (Å²) in [7, 11) is 0. The molecule has 1 heterocycles. The van der Waals surface area contributed by atoms with Crippen LogP contribution in [0.3, 0.4) is 0 Å². The van der Waals surface area contributed by atoms with Gasteiger partial charge in [-0.25, -0.2) is 0 Å². The second-order valence-corrected chi connectivity index (χ2v) is 6.55. The van der Waals surface area contributed by atoms with Crippen molar-refractivity contribution >= 4 is 11.6 Å². The molecule has 1 fully saturated rings. The molecule has 0 bridgehead atoms. The van der Waals surface area contributed by atoms with Crippen molar-refractivity contribution in [1.82, 2.24) is 4.90 Å². The van der Waals surface area contributed by atoms with Gasteiger partial charge in [-0.1, -0.05) is 32.0 Å². The predicted octanol–water partition coefficient (Wildman–Crippen LogP) is 3.83. The number of para-hydroxylation sites is 1. The second kappa shape index (κ2) is 7.48. The molecule has 1 aliphatic heterocycles. The highest BCUT2D eigenvalue weighted by molar-refractivity contribution is 5.76. The molecule has 21 heavy (non-hydrogen) atoms.